The van der Waals surface area contributed by atoms with E-state index in [1.807, 2.05) is 75.1 Å². The molecule has 176 valence electrons. The molecule has 1 aliphatic carbocycles. The standard InChI is InChI=1S/C27H33NO5/c1-16-14-20-23(22(16)26(30)33-27(2,3)4)19-8-7-9-21(32-6)24(19)28(25(20)29)15-17-10-12-18(31-5)13-11-17/h7-13,16,20,22-23H,14-15H2,1-6H3/t16-,20+,22-,23-/m1/s1. The van der Waals surface area contributed by atoms with Crippen LogP contribution in [0.1, 0.15) is 51.2 Å². The zero-order chi connectivity index (χ0) is 23.9. The summed E-state index contributed by atoms with van der Waals surface area (Å²) in [5.41, 5.74) is 2.15. The second-order valence-electron chi connectivity index (χ2n) is 10.1. The van der Waals surface area contributed by atoms with Gasteiger partial charge in [-0.3, -0.25) is 9.59 Å². The maximum absolute atomic E-state index is 13.9. The van der Waals surface area contributed by atoms with Crippen molar-refractivity contribution < 1.29 is 23.8 Å². The van der Waals surface area contributed by atoms with E-state index in [9.17, 15) is 9.59 Å². The number of hydrogen-bond donors (Lipinski definition) is 0. The molecule has 0 bridgehead atoms. The molecule has 0 aromatic heterocycles. The highest BCUT2D eigenvalue weighted by Gasteiger charge is 2.54. The Kier molecular flexibility index (Phi) is 6.12. The number of para-hydroxylation sites is 1. The first-order chi connectivity index (χ1) is 15.6. The molecule has 6 nitrogen and oxygen atoms in total. The number of hydrogen-bond acceptors (Lipinski definition) is 5. The molecule has 4 rings (SSSR count). The Labute approximate surface area is 195 Å². The fourth-order valence-corrected chi connectivity index (χ4v) is 5.35. The topological polar surface area (TPSA) is 65.1 Å². The molecule has 1 aliphatic heterocycles. The van der Waals surface area contributed by atoms with Crippen LogP contribution in [0.5, 0.6) is 11.5 Å². The van der Waals surface area contributed by atoms with Crippen LogP contribution in [0, 0.1) is 17.8 Å². The summed E-state index contributed by atoms with van der Waals surface area (Å²) < 4.78 is 16.7. The summed E-state index contributed by atoms with van der Waals surface area (Å²) in [7, 11) is 3.24. The van der Waals surface area contributed by atoms with Gasteiger partial charge in [0.05, 0.1) is 32.4 Å². The fraction of sp³-hybridized carbons (Fsp3) is 0.481. The van der Waals surface area contributed by atoms with E-state index in [1.54, 1.807) is 14.2 Å². The van der Waals surface area contributed by atoms with Crippen LogP contribution in [0.3, 0.4) is 0 Å². The van der Waals surface area contributed by atoms with Gasteiger partial charge in [0.15, 0.2) is 0 Å². The molecule has 1 saturated carbocycles. The van der Waals surface area contributed by atoms with E-state index in [0.29, 0.717) is 18.7 Å². The number of fused-ring (bicyclic) bond motifs is 3. The van der Waals surface area contributed by atoms with Crippen LogP contribution in [0.25, 0.3) is 0 Å². The Morgan fingerprint density at radius 1 is 1.06 bits per heavy atom. The first kappa shape index (κ1) is 23.1. The number of benzene rings is 2. The molecular formula is C27H33NO5. The summed E-state index contributed by atoms with van der Waals surface area (Å²) in [6.07, 6.45) is 0.656. The Hall–Kier alpha value is -3.02. The van der Waals surface area contributed by atoms with E-state index < -0.39 is 5.60 Å². The summed E-state index contributed by atoms with van der Waals surface area (Å²) in [5.74, 6) is 0.390. The van der Waals surface area contributed by atoms with E-state index in [4.69, 9.17) is 14.2 Å². The average Bonchev–Trinajstić information content (AvgIpc) is 3.13. The van der Waals surface area contributed by atoms with Gasteiger partial charge in [-0.25, -0.2) is 0 Å². The van der Waals surface area contributed by atoms with Gasteiger partial charge >= 0.3 is 5.97 Å². The number of amides is 1. The summed E-state index contributed by atoms with van der Waals surface area (Å²) >= 11 is 0. The largest absolute Gasteiger partial charge is 0.497 e. The number of esters is 1. The van der Waals surface area contributed by atoms with Crippen LogP contribution in [-0.4, -0.2) is 31.7 Å². The van der Waals surface area contributed by atoms with Crippen molar-refractivity contribution in [2.75, 3.05) is 19.1 Å². The number of carbonyl (C=O) groups is 2. The number of methoxy groups -OCH3 is 2. The van der Waals surface area contributed by atoms with E-state index in [1.165, 1.54) is 0 Å². The minimum atomic E-state index is -0.578. The molecule has 6 heteroatoms. The van der Waals surface area contributed by atoms with Crippen LogP contribution in [0.15, 0.2) is 42.5 Å². The average molecular weight is 452 g/mol. The molecule has 2 aliphatic rings. The number of anilines is 1. The van der Waals surface area contributed by atoms with Gasteiger partial charge in [-0.05, 0) is 62.4 Å². The minimum Gasteiger partial charge on any atom is -0.497 e. The molecular weight excluding hydrogens is 418 g/mol. The van der Waals surface area contributed by atoms with Crippen molar-refractivity contribution in [3.8, 4) is 11.5 Å². The van der Waals surface area contributed by atoms with Crippen molar-refractivity contribution >= 4 is 17.6 Å². The highest BCUT2D eigenvalue weighted by atomic mass is 16.6. The second kappa shape index (κ2) is 8.73. The molecule has 1 heterocycles. The van der Waals surface area contributed by atoms with E-state index >= 15 is 0 Å². The highest BCUT2D eigenvalue weighted by Crippen LogP contribution is 2.56. The Balaban J connectivity index is 1.77. The predicted molar refractivity (Wildman–Crippen MR) is 127 cm³/mol. The Morgan fingerprint density at radius 3 is 2.36 bits per heavy atom. The molecule has 0 saturated heterocycles. The molecule has 1 amide bonds. The third kappa shape index (κ3) is 4.31. The maximum atomic E-state index is 13.9. The quantitative estimate of drug-likeness (QED) is 0.602. The van der Waals surface area contributed by atoms with Crippen molar-refractivity contribution in [3.05, 3.63) is 53.6 Å². The molecule has 0 radical (unpaired) electrons. The van der Waals surface area contributed by atoms with Gasteiger partial charge in [0.25, 0.3) is 0 Å². The summed E-state index contributed by atoms with van der Waals surface area (Å²) in [4.78, 5) is 28.9. The van der Waals surface area contributed by atoms with E-state index in [-0.39, 0.29) is 35.5 Å². The van der Waals surface area contributed by atoms with Crippen molar-refractivity contribution in [2.24, 2.45) is 17.8 Å². The first-order valence-corrected chi connectivity index (χ1v) is 11.5. The van der Waals surface area contributed by atoms with Crippen LogP contribution in [-0.2, 0) is 20.9 Å². The van der Waals surface area contributed by atoms with Gasteiger partial charge < -0.3 is 19.1 Å². The lowest BCUT2D eigenvalue weighted by Crippen LogP contribution is -2.43. The zero-order valence-electron chi connectivity index (χ0n) is 20.3. The van der Waals surface area contributed by atoms with Crippen molar-refractivity contribution in [2.45, 2.75) is 52.2 Å². The smallest absolute Gasteiger partial charge is 0.310 e. The summed E-state index contributed by atoms with van der Waals surface area (Å²) in [6.45, 7) is 8.10. The lowest BCUT2D eigenvalue weighted by Gasteiger charge is -2.39. The van der Waals surface area contributed by atoms with Crippen LogP contribution in [0.2, 0.25) is 0 Å². The highest BCUT2D eigenvalue weighted by molar-refractivity contribution is 6.01. The lowest BCUT2D eigenvalue weighted by atomic mass is 9.77. The normalized spacial score (nSPS) is 24.2. The molecule has 2 aromatic rings. The Morgan fingerprint density at radius 2 is 1.76 bits per heavy atom. The molecule has 2 aromatic carbocycles. The van der Waals surface area contributed by atoms with Crippen LogP contribution in [0.4, 0.5) is 5.69 Å². The van der Waals surface area contributed by atoms with Crippen molar-refractivity contribution in [1.29, 1.82) is 0 Å². The third-order valence-electron chi connectivity index (χ3n) is 6.70. The summed E-state index contributed by atoms with van der Waals surface area (Å²) in [5, 5.41) is 0. The molecule has 0 unspecified atom stereocenters. The monoisotopic (exact) mass is 451 g/mol. The number of nitrogens with zero attached hydrogens (tertiary/aromatic N) is 1. The Bertz CT molecular complexity index is 1040. The van der Waals surface area contributed by atoms with Crippen LogP contribution >= 0.6 is 0 Å². The molecule has 33 heavy (non-hydrogen) atoms. The van der Waals surface area contributed by atoms with Crippen molar-refractivity contribution in [3.63, 3.8) is 0 Å². The molecule has 0 spiro atoms. The maximum Gasteiger partial charge on any atom is 0.310 e. The van der Waals surface area contributed by atoms with Gasteiger partial charge in [-0.2, -0.15) is 0 Å². The minimum absolute atomic E-state index is 0.0331. The molecule has 1 fully saturated rings. The SMILES string of the molecule is COc1ccc(CN2C(=O)[C@H]3C[C@@H](C)[C@@H](C(=O)OC(C)(C)C)[C@@H]3c3cccc(OC)c32)cc1. The predicted octanol–water partition coefficient (Wildman–Crippen LogP) is 4.95. The van der Waals surface area contributed by atoms with Gasteiger partial charge in [0.1, 0.15) is 17.1 Å². The fourth-order valence-electron chi connectivity index (χ4n) is 5.35. The van der Waals surface area contributed by atoms with Crippen molar-refractivity contribution in [1.82, 2.24) is 0 Å². The second-order valence-corrected chi connectivity index (χ2v) is 10.1. The van der Waals surface area contributed by atoms with Gasteiger partial charge in [0.2, 0.25) is 5.91 Å². The van der Waals surface area contributed by atoms with Gasteiger partial charge in [-0.1, -0.05) is 31.2 Å². The van der Waals surface area contributed by atoms with E-state index in [0.717, 1.165) is 22.6 Å². The first-order valence-electron chi connectivity index (χ1n) is 11.5. The molecule has 4 atom stereocenters. The molecule has 0 N–H and O–H groups in total. The number of carbonyl (C=O) groups excluding carboxylic acids is 2. The third-order valence-corrected chi connectivity index (χ3v) is 6.70. The van der Waals surface area contributed by atoms with Crippen LogP contribution < -0.4 is 14.4 Å². The number of ether oxygens (including phenoxy) is 3. The lowest BCUT2D eigenvalue weighted by molar-refractivity contribution is -0.161. The van der Waals surface area contributed by atoms with Gasteiger partial charge in [0, 0.05) is 11.8 Å². The summed E-state index contributed by atoms with van der Waals surface area (Å²) in [6, 6.07) is 13.6. The zero-order valence-corrected chi connectivity index (χ0v) is 20.3. The van der Waals surface area contributed by atoms with Gasteiger partial charge in [-0.15, -0.1) is 0 Å². The number of rotatable bonds is 5. The van der Waals surface area contributed by atoms with E-state index in [2.05, 4.69) is 0 Å².